The summed E-state index contributed by atoms with van der Waals surface area (Å²) in [5.74, 6) is 0.561. The number of nitrogens with two attached hydrogens (primary N) is 1. The normalized spacial score (nSPS) is 12.3. The van der Waals surface area contributed by atoms with Gasteiger partial charge in [-0.1, -0.05) is 0 Å². The van der Waals surface area contributed by atoms with Gasteiger partial charge in [-0.05, 0) is 20.0 Å². The summed E-state index contributed by atoms with van der Waals surface area (Å²) >= 11 is 0. The summed E-state index contributed by atoms with van der Waals surface area (Å²) in [6.07, 6.45) is 5.25. The zero-order valence-corrected chi connectivity index (χ0v) is 13.0. The molecule has 0 saturated carbocycles. The second-order valence-corrected chi connectivity index (χ2v) is 7.42. The van der Waals surface area contributed by atoms with Crippen LogP contribution in [0.5, 0.6) is 0 Å². The van der Waals surface area contributed by atoms with Crippen molar-refractivity contribution in [3.05, 3.63) is 12.7 Å². The smallest absolute Gasteiger partial charge is 0.165 e. The van der Waals surface area contributed by atoms with Gasteiger partial charge in [-0.25, -0.2) is 23.4 Å². The molecule has 0 aliphatic carbocycles. The van der Waals surface area contributed by atoms with E-state index in [-0.39, 0.29) is 5.75 Å². The van der Waals surface area contributed by atoms with Crippen LogP contribution in [0.4, 0.5) is 5.82 Å². The van der Waals surface area contributed by atoms with Crippen molar-refractivity contribution < 1.29 is 8.42 Å². The lowest BCUT2D eigenvalue weighted by atomic mass is 10.4. The van der Waals surface area contributed by atoms with Crippen molar-refractivity contribution in [3.63, 3.8) is 0 Å². The largest absolute Gasteiger partial charge is 0.382 e. The Bertz CT molecular complexity index is 712. The fourth-order valence-electron chi connectivity index (χ4n) is 2.01. The molecule has 0 aliphatic heterocycles. The number of hydrogen-bond donors (Lipinski definition) is 1. The number of rotatable bonds is 7. The van der Waals surface area contributed by atoms with Crippen LogP contribution in [0.3, 0.4) is 0 Å². The van der Waals surface area contributed by atoms with Gasteiger partial charge in [0.15, 0.2) is 11.5 Å². The van der Waals surface area contributed by atoms with Crippen LogP contribution < -0.4 is 5.73 Å². The van der Waals surface area contributed by atoms with Crippen LogP contribution in [0, 0.1) is 0 Å². The first-order chi connectivity index (χ1) is 9.87. The fraction of sp³-hybridized carbons (Fsp3) is 0.583. The standard InChI is InChI=1S/C12H20N6O2S/c1-17(6-7-21(2,19)20)4-3-5-18-9-16-10-11(13)14-8-15-12(10)18/h8-9H,3-7H2,1-2H3,(H2,13,14,15). The highest BCUT2D eigenvalue weighted by Crippen LogP contribution is 2.14. The number of aromatic nitrogens is 4. The Hall–Kier alpha value is -1.74. The number of aryl methyl sites for hydroxylation is 1. The van der Waals surface area contributed by atoms with Crippen LogP contribution >= 0.6 is 0 Å². The van der Waals surface area contributed by atoms with Crippen LogP contribution in [0.2, 0.25) is 0 Å². The Morgan fingerprint density at radius 1 is 1.29 bits per heavy atom. The van der Waals surface area contributed by atoms with Gasteiger partial charge in [0.25, 0.3) is 0 Å². The summed E-state index contributed by atoms with van der Waals surface area (Å²) in [4.78, 5) is 14.3. The zero-order valence-electron chi connectivity index (χ0n) is 12.2. The van der Waals surface area contributed by atoms with Crippen molar-refractivity contribution in [1.82, 2.24) is 24.4 Å². The van der Waals surface area contributed by atoms with E-state index in [4.69, 9.17) is 5.73 Å². The molecule has 0 saturated heterocycles. The van der Waals surface area contributed by atoms with E-state index in [2.05, 4.69) is 15.0 Å². The summed E-state index contributed by atoms with van der Waals surface area (Å²) < 4.78 is 24.1. The summed E-state index contributed by atoms with van der Waals surface area (Å²) in [6.45, 7) is 2.09. The number of sulfone groups is 1. The molecular formula is C12H20N6O2S. The minimum absolute atomic E-state index is 0.182. The molecule has 21 heavy (non-hydrogen) atoms. The highest BCUT2D eigenvalue weighted by atomic mass is 32.2. The van der Waals surface area contributed by atoms with Gasteiger partial charge in [0, 0.05) is 19.3 Å². The van der Waals surface area contributed by atoms with Crippen molar-refractivity contribution in [3.8, 4) is 0 Å². The Labute approximate surface area is 123 Å². The Balaban J connectivity index is 1.87. The topological polar surface area (TPSA) is 107 Å². The van der Waals surface area contributed by atoms with Gasteiger partial charge >= 0.3 is 0 Å². The van der Waals surface area contributed by atoms with E-state index in [0.29, 0.717) is 17.9 Å². The van der Waals surface area contributed by atoms with E-state index in [0.717, 1.165) is 25.2 Å². The van der Waals surface area contributed by atoms with Gasteiger partial charge < -0.3 is 15.2 Å². The molecule has 0 bridgehead atoms. The maximum atomic E-state index is 11.1. The third-order valence-corrected chi connectivity index (χ3v) is 4.14. The molecule has 0 fully saturated rings. The second kappa shape index (κ2) is 6.35. The van der Waals surface area contributed by atoms with E-state index in [1.807, 2.05) is 16.5 Å². The highest BCUT2D eigenvalue weighted by Gasteiger charge is 2.08. The number of nitrogen functional groups attached to an aromatic ring is 1. The molecule has 0 atom stereocenters. The maximum absolute atomic E-state index is 11.1. The summed E-state index contributed by atoms with van der Waals surface area (Å²) in [5, 5.41) is 0. The predicted octanol–water partition coefficient (Wildman–Crippen LogP) is -0.225. The van der Waals surface area contributed by atoms with E-state index < -0.39 is 9.84 Å². The number of imidazole rings is 1. The molecule has 0 unspecified atom stereocenters. The summed E-state index contributed by atoms with van der Waals surface area (Å²) in [5.41, 5.74) is 7.07. The average Bonchev–Trinajstić information content (AvgIpc) is 2.81. The Morgan fingerprint density at radius 3 is 2.76 bits per heavy atom. The van der Waals surface area contributed by atoms with E-state index >= 15 is 0 Å². The minimum Gasteiger partial charge on any atom is -0.382 e. The molecule has 0 aliphatic rings. The van der Waals surface area contributed by atoms with Gasteiger partial charge in [0.1, 0.15) is 21.7 Å². The van der Waals surface area contributed by atoms with Crippen LogP contribution in [0.15, 0.2) is 12.7 Å². The molecule has 0 aromatic carbocycles. The average molecular weight is 312 g/mol. The maximum Gasteiger partial charge on any atom is 0.165 e. The molecule has 2 heterocycles. The number of anilines is 1. The quantitative estimate of drug-likeness (QED) is 0.752. The van der Waals surface area contributed by atoms with E-state index in [9.17, 15) is 8.42 Å². The zero-order chi connectivity index (χ0) is 15.5. The lowest BCUT2D eigenvalue weighted by Crippen LogP contribution is -2.26. The van der Waals surface area contributed by atoms with E-state index in [1.54, 1.807) is 6.33 Å². The lowest BCUT2D eigenvalue weighted by molar-refractivity contribution is 0.339. The lowest BCUT2D eigenvalue weighted by Gasteiger charge is -2.15. The van der Waals surface area contributed by atoms with Gasteiger partial charge in [0.2, 0.25) is 0 Å². The van der Waals surface area contributed by atoms with Gasteiger partial charge in [-0.15, -0.1) is 0 Å². The molecule has 2 aromatic rings. The first-order valence-electron chi connectivity index (χ1n) is 6.64. The molecular weight excluding hydrogens is 292 g/mol. The number of fused-ring (bicyclic) bond motifs is 1. The molecule has 2 aromatic heterocycles. The molecule has 0 radical (unpaired) electrons. The van der Waals surface area contributed by atoms with E-state index in [1.165, 1.54) is 12.6 Å². The molecule has 0 amide bonds. The molecule has 2 N–H and O–H groups in total. The Morgan fingerprint density at radius 2 is 2.05 bits per heavy atom. The fourth-order valence-corrected chi connectivity index (χ4v) is 2.65. The van der Waals surface area contributed by atoms with Gasteiger partial charge in [-0.2, -0.15) is 0 Å². The van der Waals surface area contributed by atoms with Crippen LogP contribution in [-0.2, 0) is 16.4 Å². The molecule has 116 valence electrons. The Kier molecular flexibility index (Phi) is 4.73. The second-order valence-electron chi connectivity index (χ2n) is 5.16. The van der Waals surface area contributed by atoms with Gasteiger partial charge in [0.05, 0.1) is 12.1 Å². The van der Waals surface area contributed by atoms with Crippen molar-refractivity contribution in [2.45, 2.75) is 13.0 Å². The summed E-state index contributed by atoms with van der Waals surface area (Å²) in [7, 11) is -0.995. The van der Waals surface area contributed by atoms with Crippen molar-refractivity contribution in [2.75, 3.05) is 37.9 Å². The third-order valence-electron chi connectivity index (χ3n) is 3.21. The first-order valence-corrected chi connectivity index (χ1v) is 8.70. The first kappa shape index (κ1) is 15.6. The molecule has 0 spiro atoms. The van der Waals surface area contributed by atoms with Crippen molar-refractivity contribution in [2.24, 2.45) is 0 Å². The van der Waals surface area contributed by atoms with Gasteiger partial charge in [-0.3, -0.25) is 0 Å². The van der Waals surface area contributed by atoms with Crippen LogP contribution in [-0.4, -0.2) is 65.0 Å². The molecule has 2 rings (SSSR count). The minimum atomic E-state index is -2.91. The number of hydrogen-bond acceptors (Lipinski definition) is 7. The summed E-state index contributed by atoms with van der Waals surface area (Å²) in [6, 6.07) is 0. The van der Waals surface area contributed by atoms with Crippen LogP contribution in [0.25, 0.3) is 11.2 Å². The molecule has 8 nitrogen and oxygen atoms in total. The van der Waals surface area contributed by atoms with Crippen molar-refractivity contribution >= 4 is 26.8 Å². The van der Waals surface area contributed by atoms with Crippen LogP contribution in [0.1, 0.15) is 6.42 Å². The molecule has 9 heteroatoms. The number of nitrogens with zero attached hydrogens (tertiary/aromatic N) is 5. The highest BCUT2D eigenvalue weighted by molar-refractivity contribution is 7.90. The monoisotopic (exact) mass is 312 g/mol. The van der Waals surface area contributed by atoms with Crippen molar-refractivity contribution in [1.29, 1.82) is 0 Å². The SMILES string of the molecule is CN(CCCn1cnc2c(N)ncnc21)CCS(C)(=O)=O. The third kappa shape index (κ3) is 4.36. The predicted molar refractivity (Wildman–Crippen MR) is 81.6 cm³/mol.